The highest BCUT2D eigenvalue weighted by molar-refractivity contribution is 4.93. The summed E-state index contributed by atoms with van der Waals surface area (Å²) < 4.78 is 0. The average Bonchev–Trinajstić information content (AvgIpc) is 2.87. The van der Waals surface area contributed by atoms with Crippen molar-refractivity contribution < 1.29 is 0 Å². The Kier molecular flexibility index (Phi) is 7.25. The van der Waals surface area contributed by atoms with Crippen LogP contribution in [0.1, 0.15) is 78.6 Å². The molecule has 2 heteroatoms. The van der Waals surface area contributed by atoms with Crippen LogP contribution in [0.2, 0.25) is 0 Å². The highest BCUT2D eigenvalue weighted by Crippen LogP contribution is 2.25. The van der Waals surface area contributed by atoms with E-state index in [1.165, 1.54) is 70.9 Å². The fourth-order valence-corrected chi connectivity index (χ4v) is 3.03. The summed E-state index contributed by atoms with van der Waals surface area (Å²) in [5.74, 6) is 0. The molecule has 1 fully saturated rings. The van der Waals surface area contributed by atoms with Crippen LogP contribution in [0.25, 0.3) is 0 Å². The fraction of sp³-hybridized carbons (Fsp3) is 1.00. The highest BCUT2D eigenvalue weighted by atomic mass is 15.2. The van der Waals surface area contributed by atoms with Gasteiger partial charge in [0.1, 0.15) is 0 Å². The van der Waals surface area contributed by atoms with Gasteiger partial charge in [0, 0.05) is 11.6 Å². The monoisotopic (exact) mass is 254 g/mol. The highest BCUT2D eigenvalue weighted by Gasteiger charge is 2.34. The molecule has 1 rings (SSSR count). The van der Waals surface area contributed by atoms with Gasteiger partial charge in [0.25, 0.3) is 0 Å². The van der Waals surface area contributed by atoms with Crippen molar-refractivity contribution in [2.75, 3.05) is 13.1 Å². The van der Waals surface area contributed by atoms with Crippen molar-refractivity contribution in [1.82, 2.24) is 4.90 Å². The molecule has 1 aliphatic rings. The second-order valence-corrected chi connectivity index (χ2v) is 6.51. The molecule has 1 saturated heterocycles. The summed E-state index contributed by atoms with van der Waals surface area (Å²) in [5.41, 5.74) is 6.62. The predicted octanol–water partition coefficient (Wildman–Crippen LogP) is 3.94. The van der Waals surface area contributed by atoms with Gasteiger partial charge in [0.15, 0.2) is 0 Å². The van der Waals surface area contributed by atoms with Gasteiger partial charge in [-0.1, -0.05) is 45.4 Å². The molecule has 0 amide bonds. The molecule has 108 valence electrons. The number of likely N-dealkylation sites (tertiary alicyclic amines) is 1. The van der Waals surface area contributed by atoms with Gasteiger partial charge < -0.3 is 5.73 Å². The van der Waals surface area contributed by atoms with E-state index in [-0.39, 0.29) is 5.54 Å². The summed E-state index contributed by atoms with van der Waals surface area (Å²) in [6.07, 6.45) is 12.1. The van der Waals surface area contributed by atoms with Crippen LogP contribution in [0, 0.1) is 0 Å². The molecule has 0 spiro atoms. The van der Waals surface area contributed by atoms with Crippen LogP contribution < -0.4 is 5.73 Å². The number of hydrogen-bond acceptors (Lipinski definition) is 2. The number of hydrogen-bond donors (Lipinski definition) is 1. The van der Waals surface area contributed by atoms with E-state index in [1.807, 2.05) is 0 Å². The van der Waals surface area contributed by atoms with Crippen LogP contribution in [-0.2, 0) is 0 Å². The van der Waals surface area contributed by atoms with Gasteiger partial charge in [0.05, 0.1) is 0 Å². The zero-order valence-electron chi connectivity index (χ0n) is 12.9. The van der Waals surface area contributed by atoms with Crippen LogP contribution >= 0.6 is 0 Å². The fourth-order valence-electron chi connectivity index (χ4n) is 3.03. The summed E-state index contributed by atoms with van der Waals surface area (Å²) >= 11 is 0. The number of unbranched alkanes of at least 4 members (excludes halogenated alkanes) is 5. The Hall–Kier alpha value is -0.0800. The van der Waals surface area contributed by atoms with Gasteiger partial charge in [-0.05, 0) is 46.2 Å². The van der Waals surface area contributed by atoms with Crippen molar-refractivity contribution in [2.24, 2.45) is 5.73 Å². The number of rotatable bonds is 9. The first-order valence-electron chi connectivity index (χ1n) is 8.09. The first-order chi connectivity index (χ1) is 8.59. The van der Waals surface area contributed by atoms with Crippen LogP contribution in [0.15, 0.2) is 0 Å². The molecule has 2 N–H and O–H groups in total. The Morgan fingerprint density at radius 3 is 2.17 bits per heavy atom. The molecule has 0 radical (unpaired) electrons. The van der Waals surface area contributed by atoms with Crippen LogP contribution in [0.4, 0.5) is 0 Å². The Bertz CT molecular complexity index is 207. The van der Waals surface area contributed by atoms with E-state index in [2.05, 4.69) is 25.7 Å². The third-order valence-electron chi connectivity index (χ3n) is 4.70. The Balaban J connectivity index is 2.16. The molecule has 0 bridgehead atoms. The minimum absolute atomic E-state index is 0.194. The van der Waals surface area contributed by atoms with Crippen LogP contribution in [0.3, 0.4) is 0 Å². The predicted molar refractivity (Wildman–Crippen MR) is 80.9 cm³/mol. The van der Waals surface area contributed by atoms with E-state index in [9.17, 15) is 0 Å². The lowest BCUT2D eigenvalue weighted by Crippen LogP contribution is -2.55. The lowest BCUT2D eigenvalue weighted by molar-refractivity contribution is 0.118. The third kappa shape index (κ3) is 4.89. The first kappa shape index (κ1) is 16.0. The summed E-state index contributed by atoms with van der Waals surface area (Å²) in [6.45, 7) is 9.43. The molecule has 0 aromatic carbocycles. The Morgan fingerprint density at radius 1 is 1.00 bits per heavy atom. The molecule has 1 aliphatic heterocycles. The molecule has 18 heavy (non-hydrogen) atoms. The Morgan fingerprint density at radius 2 is 1.56 bits per heavy atom. The largest absolute Gasteiger partial charge is 0.326 e. The molecule has 1 unspecified atom stereocenters. The van der Waals surface area contributed by atoms with Crippen LogP contribution in [0.5, 0.6) is 0 Å². The normalized spacial score (nSPS) is 19.3. The van der Waals surface area contributed by atoms with Crippen molar-refractivity contribution in [1.29, 1.82) is 0 Å². The maximum Gasteiger partial charge on any atom is 0.0304 e. The van der Waals surface area contributed by atoms with Gasteiger partial charge in [0.2, 0.25) is 0 Å². The van der Waals surface area contributed by atoms with Gasteiger partial charge in [-0.3, -0.25) is 4.90 Å². The molecule has 1 heterocycles. The SMILES string of the molecule is CCCCCCCCC(N)C(C)(C)N1CCCC1. The van der Waals surface area contributed by atoms with Crippen molar-refractivity contribution in [3.63, 3.8) is 0 Å². The van der Waals surface area contributed by atoms with Gasteiger partial charge in [-0.2, -0.15) is 0 Å². The van der Waals surface area contributed by atoms with Crippen molar-refractivity contribution in [3.05, 3.63) is 0 Å². The lowest BCUT2D eigenvalue weighted by atomic mass is 9.89. The van der Waals surface area contributed by atoms with E-state index < -0.39 is 0 Å². The molecule has 0 aromatic heterocycles. The second kappa shape index (κ2) is 8.16. The summed E-state index contributed by atoms with van der Waals surface area (Å²) in [4.78, 5) is 2.59. The zero-order valence-corrected chi connectivity index (χ0v) is 12.9. The van der Waals surface area contributed by atoms with Crippen molar-refractivity contribution in [3.8, 4) is 0 Å². The maximum absolute atomic E-state index is 6.43. The lowest BCUT2D eigenvalue weighted by Gasteiger charge is -2.40. The van der Waals surface area contributed by atoms with E-state index in [0.29, 0.717) is 6.04 Å². The standard InChI is InChI=1S/C16H34N2/c1-4-5-6-7-8-9-12-15(17)16(2,3)18-13-10-11-14-18/h15H,4-14,17H2,1-3H3. The number of nitrogens with zero attached hydrogens (tertiary/aromatic N) is 1. The number of nitrogens with two attached hydrogens (primary N) is 1. The second-order valence-electron chi connectivity index (χ2n) is 6.51. The molecule has 0 aromatic rings. The van der Waals surface area contributed by atoms with Crippen molar-refractivity contribution >= 4 is 0 Å². The smallest absolute Gasteiger partial charge is 0.0304 e. The Labute approximate surface area is 114 Å². The van der Waals surface area contributed by atoms with Crippen LogP contribution in [-0.4, -0.2) is 29.6 Å². The molecule has 2 nitrogen and oxygen atoms in total. The molecule has 0 aliphatic carbocycles. The van der Waals surface area contributed by atoms with E-state index in [0.717, 1.165) is 0 Å². The first-order valence-corrected chi connectivity index (χ1v) is 8.09. The van der Waals surface area contributed by atoms with E-state index in [4.69, 9.17) is 5.73 Å². The quantitative estimate of drug-likeness (QED) is 0.632. The average molecular weight is 254 g/mol. The molecular formula is C16H34N2. The maximum atomic E-state index is 6.43. The summed E-state index contributed by atoms with van der Waals surface area (Å²) in [7, 11) is 0. The molecular weight excluding hydrogens is 220 g/mol. The minimum Gasteiger partial charge on any atom is -0.326 e. The topological polar surface area (TPSA) is 29.3 Å². The van der Waals surface area contributed by atoms with Crippen molar-refractivity contribution in [2.45, 2.75) is 90.1 Å². The van der Waals surface area contributed by atoms with E-state index >= 15 is 0 Å². The summed E-state index contributed by atoms with van der Waals surface area (Å²) in [6, 6.07) is 0.335. The van der Waals surface area contributed by atoms with Gasteiger partial charge in [-0.15, -0.1) is 0 Å². The van der Waals surface area contributed by atoms with E-state index in [1.54, 1.807) is 0 Å². The third-order valence-corrected chi connectivity index (χ3v) is 4.70. The zero-order chi connectivity index (χ0) is 13.4. The molecule has 0 saturated carbocycles. The van der Waals surface area contributed by atoms with Gasteiger partial charge in [-0.25, -0.2) is 0 Å². The summed E-state index contributed by atoms with van der Waals surface area (Å²) in [5, 5.41) is 0. The van der Waals surface area contributed by atoms with Gasteiger partial charge >= 0.3 is 0 Å². The minimum atomic E-state index is 0.194. The molecule has 1 atom stereocenters.